The molecule has 12 heteroatoms. The zero-order valence-corrected chi connectivity index (χ0v) is 24.6. The molecular weight excluding hydrogens is 497 g/mol. The van der Waals surface area contributed by atoms with Crippen molar-refractivity contribution in [2.45, 2.75) is 76.1 Å². The van der Waals surface area contributed by atoms with E-state index in [2.05, 4.69) is 20.5 Å². The molecule has 0 amide bonds. The van der Waals surface area contributed by atoms with Gasteiger partial charge in [0.05, 0.1) is 20.5 Å². The van der Waals surface area contributed by atoms with Crippen LogP contribution in [0.15, 0.2) is 0 Å². The summed E-state index contributed by atoms with van der Waals surface area (Å²) in [5.41, 5.74) is 0. The molecule has 2 atom stereocenters. The lowest BCUT2D eigenvalue weighted by Crippen LogP contribution is -2.56. The second-order valence-corrected chi connectivity index (χ2v) is 14.2. The number of ether oxygens (including phenoxy) is 6. The summed E-state index contributed by atoms with van der Waals surface area (Å²) in [6, 6.07) is 0. The van der Waals surface area contributed by atoms with E-state index in [0.717, 1.165) is 0 Å². The highest BCUT2D eigenvalue weighted by Gasteiger charge is 2.51. The molecule has 6 nitrogen and oxygen atoms in total. The fourth-order valence-corrected chi connectivity index (χ4v) is 11.8. The average Bonchev–Trinajstić information content (AvgIpc) is 2.66. The molecule has 0 fully saturated rings. The molecule has 0 heterocycles. The van der Waals surface area contributed by atoms with Gasteiger partial charge in [0.1, 0.15) is 0 Å². The van der Waals surface area contributed by atoms with Gasteiger partial charge in [-0.05, 0) is 96.6 Å². The minimum atomic E-state index is -0.970. The van der Waals surface area contributed by atoms with Gasteiger partial charge in [0.15, 0.2) is 9.11 Å². The molecule has 0 aromatic rings. The summed E-state index contributed by atoms with van der Waals surface area (Å²) >= 11 is 0. The topological polar surface area (TPSA) is 55.4 Å². The van der Waals surface area contributed by atoms with Gasteiger partial charge in [0, 0.05) is 39.6 Å². The fourth-order valence-electron chi connectivity index (χ4n) is 2.56. The van der Waals surface area contributed by atoms with Crippen molar-refractivity contribution in [3.05, 3.63) is 0 Å². The van der Waals surface area contributed by atoms with E-state index in [1.54, 1.807) is 0 Å². The summed E-state index contributed by atoms with van der Waals surface area (Å²) in [4.78, 5) is 0. The largest absolute Gasteiger partial charge is 0.363 e. The van der Waals surface area contributed by atoms with Crippen LogP contribution in [0.5, 0.6) is 0 Å². The smallest absolute Gasteiger partial charge is 0.200 e. The predicted octanol–water partition coefficient (Wildman–Crippen LogP) is 4.96. The standard InChI is InChI=1S/C18H36O6S4Si2/c1-9-19-15(7,20-10-2)17(29,23-13-5)25-27-28-26-18(30,24-14-6)16(8,21-11-3)22-12-4/h9-14H2,1-8H3. The van der Waals surface area contributed by atoms with E-state index < -0.39 is 20.7 Å². The zero-order chi connectivity index (χ0) is 23.3. The number of rotatable bonds is 19. The summed E-state index contributed by atoms with van der Waals surface area (Å²) in [7, 11) is 13.6. The first-order valence-corrected chi connectivity index (χ1v) is 15.9. The van der Waals surface area contributed by atoms with Crippen LogP contribution >= 0.6 is 41.2 Å². The van der Waals surface area contributed by atoms with Gasteiger partial charge in [0.25, 0.3) is 0 Å². The summed E-state index contributed by atoms with van der Waals surface area (Å²) in [6.07, 6.45) is 0. The Morgan fingerprint density at radius 2 is 0.733 bits per heavy atom. The quantitative estimate of drug-likeness (QED) is 0.0987. The first-order valence-electron chi connectivity index (χ1n) is 10.1. The van der Waals surface area contributed by atoms with Gasteiger partial charge in [-0.25, -0.2) is 0 Å². The summed E-state index contributed by atoms with van der Waals surface area (Å²) in [5.74, 6) is -1.94. The van der Waals surface area contributed by atoms with Crippen molar-refractivity contribution < 1.29 is 28.4 Å². The van der Waals surface area contributed by atoms with Gasteiger partial charge in [0.2, 0.25) is 11.6 Å². The number of hydrogen-bond acceptors (Lipinski definition) is 10. The third kappa shape index (κ3) is 8.75. The SMILES string of the molecule is CCOC(C)(OCC)C([Si])(OCC)SSSSC([Si])(OCC)C(C)(OCC)OCC. The summed E-state index contributed by atoms with van der Waals surface area (Å²) in [6.45, 7) is 18.4. The Hall–Kier alpha value is 1.59. The van der Waals surface area contributed by atoms with Gasteiger partial charge < -0.3 is 28.4 Å². The number of hydrogen-bond donors (Lipinski definition) is 0. The summed E-state index contributed by atoms with van der Waals surface area (Å²) in [5, 5.41) is 0. The molecule has 0 aromatic carbocycles. The highest BCUT2D eigenvalue weighted by molar-refractivity contribution is 9.26. The van der Waals surface area contributed by atoms with Crippen LogP contribution in [0.1, 0.15) is 55.4 Å². The van der Waals surface area contributed by atoms with Crippen molar-refractivity contribution in [3.8, 4) is 0 Å². The minimum Gasteiger partial charge on any atom is -0.363 e. The Morgan fingerprint density at radius 3 is 0.933 bits per heavy atom. The van der Waals surface area contributed by atoms with Crippen molar-refractivity contribution in [1.29, 1.82) is 0 Å². The average molecular weight is 533 g/mol. The normalized spacial score (nSPS) is 17.0. The molecule has 0 aromatic heterocycles. The highest BCUT2D eigenvalue weighted by Crippen LogP contribution is 2.56. The third-order valence-electron chi connectivity index (χ3n) is 3.90. The predicted molar refractivity (Wildman–Crippen MR) is 134 cm³/mol. The lowest BCUT2D eigenvalue weighted by atomic mass is 10.3. The van der Waals surface area contributed by atoms with E-state index in [-0.39, 0.29) is 0 Å². The Balaban J connectivity index is 5.32. The van der Waals surface area contributed by atoms with Crippen LogP contribution in [0.3, 0.4) is 0 Å². The van der Waals surface area contributed by atoms with Gasteiger partial charge in [-0.3, -0.25) is 0 Å². The zero-order valence-electron chi connectivity index (χ0n) is 19.3. The van der Waals surface area contributed by atoms with Gasteiger partial charge in [-0.2, -0.15) is 0 Å². The fraction of sp³-hybridized carbons (Fsp3) is 1.00. The van der Waals surface area contributed by atoms with Crippen LogP contribution in [0.2, 0.25) is 0 Å². The summed E-state index contributed by atoms with van der Waals surface area (Å²) < 4.78 is 33.9. The maximum absolute atomic E-state index is 6.01. The molecule has 176 valence electrons. The first kappa shape index (κ1) is 31.6. The second-order valence-electron chi connectivity index (χ2n) is 6.03. The van der Waals surface area contributed by atoms with Crippen molar-refractivity contribution in [2.24, 2.45) is 0 Å². The third-order valence-corrected chi connectivity index (χ3v) is 13.4. The lowest BCUT2D eigenvalue weighted by Gasteiger charge is -2.45. The molecule has 0 N–H and O–H groups in total. The molecule has 0 aliphatic heterocycles. The molecule has 0 aliphatic rings. The monoisotopic (exact) mass is 532 g/mol. The van der Waals surface area contributed by atoms with Crippen molar-refractivity contribution >= 4 is 61.7 Å². The van der Waals surface area contributed by atoms with Crippen molar-refractivity contribution in [1.82, 2.24) is 0 Å². The van der Waals surface area contributed by atoms with Gasteiger partial charge in [-0.15, -0.1) is 0 Å². The molecule has 0 aliphatic carbocycles. The molecule has 0 saturated carbocycles. The maximum atomic E-state index is 6.01. The molecular formula is C18H36O6S4Si2. The van der Waals surface area contributed by atoms with Crippen LogP contribution in [-0.2, 0) is 28.4 Å². The van der Waals surface area contributed by atoms with Crippen LogP contribution in [0.4, 0.5) is 0 Å². The molecule has 30 heavy (non-hydrogen) atoms. The Morgan fingerprint density at radius 1 is 0.500 bits per heavy atom. The van der Waals surface area contributed by atoms with E-state index in [9.17, 15) is 0 Å². The highest BCUT2D eigenvalue weighted by atomic mass is 33.7. The van der Waals surface area contributed by atoms with Crippen LogP contribution in [0, 0.1) is 0 Å². The molecule has 0 spiro atoms. The molecule has 0 rings (SSSR count). The lowest BCUT2D eigenvalue weighted by molar-refractivity contribution is -0.268. The van der Waals surface area contributed by atoms with Crippen LogP contribution < -0.4 is 0 Å². The van der Waals surface area contributed by atoms with E-state index >= 15 is 0 Å². The minimum absolute atomic E-state index is 0.498. The van der Waals surface area contributed by atoms with E-state index in [1.807, 2.05) is 55.4 Å². The van der Waals surface area contributed by atoms with Crippen LogP contribution in [-0.4, -0.2) is 80.8 Å². The molecule has 0 bridgehead atoms. The second kappa shape index (κ2) is 15.5. The van der Waals surface area contributed by atoms with E-state index in [1.165, 1.54) is 41.2 Å². The Kier molecular flexibility index (Phi) is 16.3. The van der Waals surface area contributed by atoms with Gasteiger partial charge in [-0.1, -0.05) is 0 Å². The Labute approximate surface area is 205 Å². The molecule has 2 unspecified atom stereocenters. The van der Waals surface area contributed by atoms with Crippen molar-refractivity contribution in [3.63, 3.8) is 0 Å². The molecule has 6 radical (unpaired) electrons. The van der Waals surface area contributed by atoms with Crippen LogP contribution in [0.25, 0.3) is 0 Å². The van der Waals surface area contributed by atoms with Gasteiger partial charge >= 0.3 is 0 Å². The van der Waals surface area contributed by atoms with E-state index in [4.69, 9.17) is 28.4 Å². The van der Waals surface area contributed by atoms with E-state index in [0.29, 0.717) is 39.6 Å². The molecule has 0 saturated heterocycles. The maximum Gasteiger partial charge on any atom is 0.200 e. The first-order chi connectivity index (χ1) is 14.1. The van der Waals surface area contributed by atoms with Crippen molar-refractivity contribution in [2.75, 3.05) is 39.6 Å². The Bertz CT molecular complexity index is 416.